The van der Waals surface area contributed by atoms with Gasteiger partial charge in [-0.05, 0) is 49.9 Å². The highest BCUT2D eigenvalue weighted by molar-refractivity contribution is 5.78. The predicted molar refractivity (Wildman–Crippen MR) is 71.9 cm³/mol. The van der Waals surface area contributed by atoms with Crippen LogP contribution in [0, 0.1) is 23.7 Å². The normalized spacial score (nSPS) is 39.4. The first-order valence-corrected chi connectivity index (χ1v) is 7.77. The number of nitrogens with one attached hydrogen (secondary N) is 1. The van der Waals surface area contributed by atoms with E-state index < -0.39 is 0 Å². The smallest absolute Gasteiger partial charge is 0.223 e. The summed E-state index contributed by atoms with van der Waals surface area (Å²) in [4.78, 5) is 12.2. The molecule has 3 fully saturated rings. The minimum absolute atomic E-state index is 0.249. The van der Waals surface area contributed by atoms with Crippen LogP contribution < -0.4 is 11.1 Å². The fourth-order valence-electron chi connectivity index (χ4n) is 3.95. The van der Waals surface area contributed by atoms with Crippen molar-refractivity contribution >= 4 is 5.91 Å². The number of carbonyl (C=O) groups is 1. The molecule has 3 saturated carbocycles. The number of carbonyl (C=O) groups excluding carboxylic acids is 1. The fourth-order valence-corrected chi connectivity index (χ4v) is 3.95. The average molecular weight is 250 g/mol. The maximum atomic E-state index is 12.2. The molecule has 0 aromatic carbocycles. The van der Waals surface area contributed by atoms with Gasteiger partial charge in [-0.15, -0.1) is 0 Å². The summed E-state index contributed by atoms with van der Waals surface area (Å²) in [6, 6.07) is 0.370. The van der Waals surface area contributed by atoms with Gasteiger partial charge < -0.3 is 11.1 Å². The number of fused-ring (bicyclic) bond motifs is 2. The van der Waals surface area contributed by atoms with E-state index in [1.54, 1.807) is 0 Å². The molecule has 0 aromatic rings. The molecule has 3 nitrogen and oxygen atoms in total. The van der Waals surface area contributed by atoms with Gasteiger partial charge in [-0.1, -0.05) is 19.3 Å². The van der Waals surface area contributed by atoms with Gasteiger partial charge in [0.2, 0.25) is 5.91 Å². The van der Waals surface area contributed by atoms with Crippen LogP contribution in [0.25, 0.3) is 0 Å². The summed E-state index contributed by atoms with van der Waals surface area (Å²) in [5, 5.41) is 3.15. The monoisotopic (exact) mass is 250 g/mol. The van der Waals surface area contributed by atoms with Gasteiger partial charge >= 0.3 is 0 Å². The molecule has 0 heterocycles. The Hall–Kier alpha value is -0.570. The molecule has 0 aliphatic heterocycles. The molecule has 2 unspecified atom stereocenters. The van der Waals surface area contributed by atoms with Gasteiger partial charge in [0.25, 0.3) is 0 Å². The molecule has 0 spiro atoms. The summed E-state index contributed by atoms with van der Waals surface area (Å²) in [5.41, 5.74) is 6.26. The Kier molecular flexibility index (Phi) is 3.60. The van der Waals surface area contributed by atoms with Crippen molar-refractivity contribution in [3.05, 3.63) is 0 Å². The second-order valence-corrected chi connectivity index (χ2v) is 6.72. The number of amides is 1. The van der Waals surface area contributed by atoms with E-state index in [0.717, 1.165) is 25.3 Å². The first-order chi connectivity index (χ1) is 8.74. The van der Waals surface area contributed by atoms with Crippen LogP contribution in [0.2, 0.25) is 0 Å². The van der Waals surface area contributed by atoms with Gasteiger partial charge in [0.15, 0.2) is 0 Å². The minimum atomic E-state index is 0.249. The van der Waals surface area contributed by atoms with E-state index in [1.807, 2.05) is 0 Å². The van der Waals surface area contributed by atoms with E-state index in [1.165, 1.54) is 38.5 Å². The molecule has 0 radical (unpaired) electrons. The summed E-state index contributed by atoms with van der Waals surface area (Å²) in [6.45, 7) is 0.890. The second-order valence-electron chi connectivity index (χ2n) is 6.72. The molecule has 102 valence electrons. The third-order valence-corrected chi connectivity index (χ3v) is 5.33. The van der Waals surface area contributed by atoms with Gasteiger partial charge in [-0.3, -0.25) is 4.79 Å². The third kappa shape index (κ3) is 2.71. The largest absolute Gasteiger partial charge is 0.356 e. The van der Waals surface area contributed by atoms with Crippen molar-refractivity contribution in [1.29, 1.82) is 0 Å². The fraction of sp³-hybridized carbons (Fsp3) is 0.933. The minimum Gasteiger partial charge on any atom is -0.356 e. The molecule has 3 N–H and O–H groups in total. The van der Waals surface area contributed by atoms with Crippen molar-refractivity contribution in [2.75, 3.05) is 6.54 Å². The highest BCUT2D eigenvalue weighted by Crippen LogP contribution is 2.41. The maximum Gasteiger partial charge on any atom is 0.223 e. The topological polar surface area (TPSA) is 55.1 Å². The van der Waals surface area contributed by atoms with Crippen LogP contribution in [0.5, 0.6) is 0 Å². The van der Waals surface area contributed by atoms with Crippen molar-refractivity contribution < 1.29 is 4.79 Å². The molecule has 3 aliphatic rings. The Morgan fingerprint density at radius 3 is 2.39 bits per heavy atom. The van der Waals surface area contributed by atoms with Gasteiger partial charge in [-0.25, -0.2) is 0 Å². The van der Waals surface area contributed by atoms with Gasteiger partial charge in [0, 0.05) is 18.5 Å². The summed E-state index contributed by atoms with van der Waals surface area (Å²) in [5.74, 6) is 2.68. The van der Waals surface area contributed by atoms with Gasteiger partial charge in [0.1, 0.15) is 0 Å². The van der Waals surface area contributed by atoms with Gasteiger partial charge in [0.05, 0.1) is 0 Å². The lowest BCUT2D eigenvalue weighted by molar-refractivity contribution is -0.127. The summed E-state index contributed by atoms with van der Waals surface area (Å²) >= 11 is 0. The van der Waals surface area contributed by atoms with Crippen molar-refractivity contribution in [3.63, 3.8) is 0 Å². The van der Waals surface area contributed by atoms with Gasteiger partial charge in [-0.2, -0.15) is 0 Å². The quantitative estimate of drug-likeness (QED) is 0.802. The lowest BCUT2D eigenvalue weighted by Crippen LogP contribution is -2.49. The van der Waals surface area contributed by atoms with Crippen molar-refractivity contribution in [3.8, 4) is 0 Å². The van der Waals surface area contributed by atoms with Crippen LogP contribution in [-0.2, 0) is 4.79 Å². The average Bonchev–Trinajstić information content (AvgIpc) is 3.12. The lowest BCUT2D eigenvalue weighted by atomic mass is 9.65. The van der Waals surface area contributed by atoms with Crippen molar-refractivity contribution in [2.45, 2.75) is 57.4 Å². The van der Waals surface area contributed by atoms with E-state index in [2.05, 4.69) is 5.32 Å². The van der Waals surface area contributed by atoms with Crippen LogP contribution in [-0.4, -0.2) is 18.5 Å². The maximum absolute atomic E-state index is 12.2. The zero-order chi connectivity index (χ0) is 12.5. The second kappa shape index (κ2) is 5.20. The molecule has 2 atom stereocenters. The zero-order valence-corrected chi connectivity index (χ0v) is 11.2. The number of rotatable bonds is 4. The van der Waals surface area contributed by atoms with E-state index >= 15 is 0 Å². The molecule has 18 heavy (non-hydrogen) atoms. The Labute approximate surface area is 110 Å². The molecule has 3 heteroatoms. The molecular weight excluding hydrogens is 224 g/mol. The Balaban J connectivity index is 1.48. The standard InChI is InChI=1S/C15H26N2O/c16-14-11-2-1-3-12(14)9-13(8-11)15(18)17-7-6-10-4-5-10/h10-14H,1-9,16H2,(H,17,18). The van der Waals surface area contributed by atoms with E-state index in [0.29, 0.717) is 23.8 Å². The first-order valence-electron chi connectivity index (χ1n) is 7.77. The van der Waals surface area contributed by atoms with Crippen molar-refractivity contribution in [1.82, 2.24) is 5.32 Å². The lowest BCUT2D eigenvalue weighted by Gasteiger charge is -2.43. The molecule has 0 saturated heterocycles. The molecule has 1 amide bonds. The number of hydrogen-bond donors (Lipinski definition) is 2. The van der Waals surface area contributed by atoms with Crippen molar-refractivity contribution in [2.24, 2.45) is 29.4 Å². The highest BCUT2D eigenvalue weighted by Gasteiger charge is 2.40. The van der Waals surface area contributed by atoms with Crippen LogP contribution >= 0.6 is 0 Å². The first kappa shape index (κ1) is 12.5. The van der Waals surface area contributed by atoms with Crippen LogP contribution in [0.3, 0.4) is 0 Å². The Bertz CT molecular complexity index is 300. The summed E-state index contributed by atoms with van der Waals surface area (Å²) in [6.07, 6.45) is 9.80. The van der Waals surface area contributed by atoms with Crippen LogP contribution in [0.1, 0.15) is 51.4 Å². The third-order valence-electron chi connectivity index (χ3n) is 5.33. The van der Waals surface area contributed by atoms with E-state index in [-0.39, 0.29) is 5.92 Å². The van der Waals surface area contributed by atoms with E-state index in [9.17, 15) is 4.79 Å². The van der Waals surface area contributed by atoms with Crippen LogP contribution in [0.4, 0.5) is 0 Å². The van der Waals surface area contributed by atoms with E-state index in [4.69, 9.17) is 5.73 Å². The Morgan fingerprint density at radius 2 is 1.78 bits per heavy atom. The molecule has 3 aliphatic carbocycles. The predicted octanol–water partition coefficient (Wildman–Crippen LogP) is 2.06. The Morgan fingerprint density at radius 1 is 1.11 bits per heavy atom. The number of nitrogens with two attached hydrogens (primary N) is 1. The molecule has 2 bridgehead atoms. The molecular formula is C15H26N2O. The molecule has 3 rings (SSSR count). The SMILES string of the molecule is NC1C2CCCC1CC(C(=O)NCCC1CC1)C2. The zero-order valence-electron chi connectivity index (χ0n) is 11.2. The highest BCUT2D eigenvalue weighted by atomic mass is 16.1. The number of hydrogen-bond acceptors (Lipinski definition) is 2. The summed E-state index contributed by atoms with van der Waals surface area (Å²) in [7, 11) is 0. The molecule has 0 aromatic heterocycles. The summed E-state index contributed by atoms with van der Waals surface area (Å²) < 4.78 is 0. The van der Waals surface area contributed by atoms with Crippen LogP contribution in [0.15, 0.2) is 0 Å².